The van der Waals surface area contributed by atoms with Gasteiger partial charge in [-0.2, -0.15) is 0 Å². The largest absolute Gasteiger partial charge is 0.364 e. The molecule has 2 atom stereocenters. The Morgan fingerprint density at radius 1 is 1.44 bits per heavy atom. The predicted octanol–water partition coefficient (Wildman–Crippen LogP) is 1.55. The second-order valence-electron chi connectivity index (χ2n) is 5.36. The highest BCUT2D eigenvalue weighted by Crippen LogP contribution is 2.21. The van der Waals surface area contributed by atoms with E-state index in [1.54, 1.807) is 12.1 Å². The molecular formula is C14H22FN3. The summed E-state index contributed by atoms with van der Waals surface area (Å²) in [6, 6.07) is 7.72. The Balaban J connectivity index is 2.19. The summed E-state index contributed by atoms with van der Waals surface area (Å²) < 4.78 is 13.4. The molecule has 2 rings (SSSR count). The van der Waals surface area contributed by atoms with Crippen molar-refractivity contribution in [2.75, 3.05) is 38.6 Å². The first-order chi connectivity index (χ1) is 8.56. The fraction of sp³-hybridized carbons (Fsp3) is 0.571. The third kappa shape index (κ3) is 3.21. The van der Waals surface area contributed by atoms with Gasteiger partial charge in [0.1, 0.15) is 5.82 Å². The minimum atomic E-state index is -0.165. The summed E-state index contributed by atoms with van der Waals surface area (Å²) in [6.45, 7) is 4.99. The van der Waals surface area contributed by atoms with E-state index in [9.17, 15) is 4.39 Å². The second kappa shape index (κ2) is 5.67. The van der Waals surface area contributed by atoms with Gasteiger partial charge in [0.05, 0.1) is 6.04 Å². The number of benzene rings is 1. The maximum atomic E-state index is 13.4. The highest BCUT2D eigenvalue weighted by atomic mass is 19.1. The van der Waals surface area contributed by atoms with Gasteiger partial charge in [-0.15, -0.1) is 0 Å². The lowest BCUT2D eigenvalue weighted by molar-refractivity contribution is 0.316. The van der Waals surface area contributed by atoms with Crippen LogP contribution in [-0.2, 0) is 0 Å². The number of halogens is 1. The zero-order chi connectivity index (χ0) is 13.1. The Kier molecular flexibility index (Phi) is 4.19. The summed E-state index contributed by atoms with van der Waals surface area (Å²) in [5, 5.41) is 3.49. The van der Waals surface area contributed by atoms with Gasteiger partial charge in [-0.25, -0.2) is 4.39 Å². The van der Waals surface area contributed by atoms with Crippen LogP contribution in [0.15, 0.2) is 24.3 Å². The van der Waals surface area contributed by atoms with E-state index in [-0.39, 0.29) is 5.82 Å². The molecule has 0 radical (unpaired) electrons. The van der Waals surface area contributed by atoms with Crippen molar-refractivity contribution in [3.05, 3.63) is 30.1 Å². The second-order valence-corrected chi connectivity index (χ2v) is 5.36. The molecular weight excluding hydrogens is 229 g/mol. The van der Waals surface area contributed by atoms with E-state index in [1.807, 2.05) is 6.07 Å². The summed E-state index contributed by atoms with van der Waals surface area (Å²) in [5.41, 5.74) is 0.982. The lowest BCUT2D eigenvalue weighted by Gasteiger charge is -2.42. The van der Waals surface area contributed by atoms with Crippen LogP contribution >= 0.6 is 0 Å². The van der Waals surface area contributed by atoms with Crippen LogP contribution in [0.1, 0.15) is 6.92 Å². The fourth-order valence-electron chi connectivity index (χ4n) is 2.51. The highest BCUT2D eigenvalue weighted by molar-refractivity contribution is 5.48. The number of hydrogen-bond acceptors (Lipinski definition) is 3. The van der Waals surface area contributed by atoms with Gasteiger partial charge >= 0.3 is 0 Å². The van der Waals surface area contributed by atoms with Crippen LogP contribution in [0.3, 0.4) is 0 Å². The number of anilines is 1. The Hall–Kier alpha value is -1.13. The van der Waals surface area contributed by atoms with Crippen LogP contribution in [0.2, 0.25) is 0 Å². The number of hydrogen-bond donors (Lipinski definition) is 1. The van der Waals surface area contributed by atoms with E-state index in [4.69, 9.17) is 0 Å². The molecule has 3 nitrogen and oxygen atoms in total. The minimum absolute atomic E-state index is 0.165. The van der Waals surface area contributed by atoms with Gasteiger partial charge in [-0.05, 0) is 39.2 Å². The SMILES string of the molecule is CC1CN(c2cccc(F)c2)C(CN(C)C)CN1. The van der Waals surface area contributed by atoms with E-state index in [0.717, 1.165) is 25.3 Å². The lowest BCUT2D eigenvalue weighted by Crippen LogP contribution is -2.58. The molecule has 1 aromatic rings. The summed E-state index contributed by atoms with van der Waals surface area (Å²) >= 11 is 0. The van der Waals surface area contributed by atoms with Crippen LogP contribution < -0.4 is 10.2 Å². The quantitative estimate of drug-likeness (QED) is 0.879. The van der Waals surface area contributed by atoms with E-state index in [2.05, 4.69) is 36.1 Å². The van der Waals surface area contributed by atoms with Crippen LogP contribution in [0.5, 0.6) is 0 Å². The number of likely N-dealkylation sites (N-methyl/N-ethyl adjacent to an activating group) is 1. The van der Waals surface area contributed by atoms with Gasteiger partial charge in [-0.3, -0.25) is 0 Å². The molecule has 2 unspecified atom stereocenters. The van der Waals surface area contributed by atoms with Crippen molar-refractivity contribution < 1.29 is 4.39 Å². The zero-order valence-corrected chi connectivity index (χ0v) is 11.4. The first-order valence-electron chi connectivity index (χ1n) is 6.46. The smallest absolute Gasteiger partial charge is 0.125 e. The molecule has 0 aliphatic carbocycles. The van der Waals surface area contributed by atoms with Gasteiger partial charge in [0.15, 0.2) is 0 Å². The van der Waals surface area contributed by atoms with Crippen LogP contribution in [-0.4, -0.2) is 50.7 Å². The average molecular weight is 251 g/mol. The molecule has 4 heteroatoms. The molecule has 0 aromatic heterocycles. The van der Waals surface area contributed by atoms with Gasteiger partial charge in [0.2, 0.25) is 0 Å². The first kappa shape index (κ1) is 13.3. The molecule has 1 saturated heterocycles. The Morgan fingerprint density at radius 3 is 2.89 bits per heavy atom. The standard InChI is InChI=1S/C14H22FN3/c1-11-9-18(13-6-4-5-12(15)7-13)14(8-16-11)10-17(2)3/h4-7,11,14,16H,8-10H2,1-3H3. The third-order valence-electron chi connectivity index (χ3n) is 3.33. The maximum Gasteiger partial charge on any atom is 0.125 e. The molecule has 1 N–H and O–H groups in total. The summed E-state index contributed by atoms with van der Waals surface area (Å²) in [4.78, 5) is 4.48. The fourth-order valence-corrected chi connectivity index (χ4v) is 2.51. The van der Waals surface area contributed by atoms with Crippen molar-refractivity contribution in [2.45, 2.75) is 19.0 Å². The van der Waals surface area contributed by atoms with Crippen molar-refractivity contribution in [3.8, 4) is 0 Å². The van der Waals surface area contributed by atoms with Crippen molar-refractivity contribution in [3.63, 3.8) is 0 Å². The van der Waals surface area contributed by atoms with Gasteiger partial charge in [-0.1, -0.05) is 6.07 Å². The number of piperazine rings is 1. The van der Waals surface area contributed by atoms with Gasteiger partial charge < -0.3 is 15.1 Å². The van der Waals surface area contributed by atoms with Crippen LogP contribution in [0.4, 0.5) is 10.1 Å². The predicted molar refractivity (Wildman–Crippen MR) is 73.6 cm³/mol. The number of rotatable bonds is 3. The monoisotopic (exact) mass is 251 g/mol. The van der Waals surface area contributed by atoms with Crippen LogP contribution in [0, 0.1) is 5.82 Å². The molecule has 0 saturated carbocycles. The maximum absolute atomic E-state index is 13.4. The van der Waals surface area contributed by atoms with E-state index in [1.165, 1.54) is 6.07 Å². The third-order valence-corrected chi connectivity index (χ3v) is 3.33. The summed E-state index contributed by atoms with van der Waals surface area (Å²) in [7, 11) is 4.14. The zero-order valence-electron chi connectivity index (χ0n) is 11.4. The van der Waals surface area contributed by atoms with Gasteiger partial charge in [0.25, 0.3) is 0 Å². The minimum Gasteiger partial charge on any atom is -0.364 e. The van der Waals surface area contributed by atoms with Crippen molar-refractivity contribution in [2.24, 2.45) is 0 Å². The molecule has 1 heterocycles. The van der Waals surface area contributed by atoms with Crippen molar-refractivity contribution >= 4 is 5.69 Å². The van der Waals surface area contributed by atoms with Crippen LogP contribution in [0.25, 0.3) is 0 Å². The molecule has 1 aliphatic heterocycles. The summed E-state index contributed by atoms with van der Waals surface area (Å²) in [5.74, 6) is -0.165. The number of nitrogens with zero attached hydrogens (tertiary/aromatic N) is 2. The molecule has 100 valence electrons. The molecule has 1 fully saturated rings. The van der Waals surface area contributed by atoms with Crippen molar-refractivity contribution in [1.29, 1.82) is 0 Å². The number of nitrogens with one attached hydrogen (secondary N) is 1. The Morgan fingerprint density at radius 2 is 2.22 bits per heavy atom. The van der Waals surface area contributed by atoms with Gasteiger partial charge in [0, 0.05) is 31.4 Å². The molecule has 0 spiro atoms. The molecule has 0 bridgehead atoms. The highest BCUT2D eigenvalue weighted by Gasteiger charge is 2.26. The summed E-state index contributed by atoms with van der Waals surface area (Å²) in [6.07, 6.45) is 0. The Bertz CT molecular complexity index is 394. The van der Waals surface area contributed by atoms with E-state index >= 15 is 0 Å². The average Bonchev–Trinajstić information content (AvgIpc) is 2.31. The van der Waals surface area contributed by atoms with E-state index < -0.39 is 0 Å². The van der Waals surface area contributed by atoms with E-state index in [0.29, 0.717) is 12.1 Å². The molecule has 1 aliphatic rings. The first-order valence-corrected chi connectivity index (χ1v) is 6.46. The van der Waals surface area contributed by atoms with Crippen molar-refractivity contribution in [1.82, 2.24) is 10.2 Å². The normalized spacial score (nSPS) is 24.6. The topological polar surface area (TPSA) is 18.5 Å². The molecule has 18 heavy (non-hydrogen) atoms. The lowest BCUT2D eigenvalue weighted by atomic mass is 10.1. The molecule has 1 aromatic carbocycles. The molecule has 0 amide bonds. The Labute approximate surface area is 109 Å².